The molecule has 2 aromatic heterocycles. The maximum atomic E-state index is 13.7. The minimum absolute atomic E-state index is 0.0728. The number of aryl methyl sites for hydroxylation is 1. The summed E-state index contributed by atoms with van der Waals surface area (Å²) in [6.45, 7) is 2.93. The summed E-state index contributed by atoms with van der Waals surface area (Å²) in [7, 11) is 1.61. The first-order valence-electron chi connectivity index (χ1n) is 9.46. The molecule has 3 aromatic rings. The largest absolute Gasteiger partial charge is 0.418 e. The van der Waals surface area contributed by atoms with Gasteiger partial charge in [0.1, 0.15) is 5.69 Å². The molecule has 1 N–H and O–H groups in total. The molecule has 154 valence electrons. The number of nitrogens with one attached hydrogen (secondary N) is 1. The lowest BCUT2D eigenvalue weighted by Gasteiger charge is -2.14. The molecule has 6 nitrogen and oxygen atoms in total. The molecule has 1 fully saturated rings. The van der Waals surface area contributed by atoms with Gasteiger partial charge in [0, 0.05) is 25.6 Å². The molecule has 0 atom stereocenters. The van der Waals surface area contributed by atoms with Crippen LogP contribution in [0.25, 0.3) is 22.5 Å². The Labute approximate surface area is 165 Å². The van der Waals surface area contributed by atoms with Gasteiger partial charge in [-0.05, 0) is 61.4 Å². The zero-order chi connectivity index (χ0) is 20.6. The predicted octanol–water partition coefficient (Wildman–Crippen LogP) is 4.94. The highest BCUT2D eigenvalue weighted by atomic mass is 19.4. The van der Waals surface area contributed by atoms with Crippen LogP contribution in [0.1, 0.15) is 41.9 Å². The summed E-state index contributed by atoms with van der Waals surface area (Å²) in [6, 6.07) is 4.93. The van der Waals surface area contributed by atoms with E-state index in [-0.39, 0.29) is 29.0 Å². The van der Waals surface area contributed by atoms with Gasteiger partial charge in [-0.3, -0.25) is 0 Å². The van der Waals surface area contributed by atoms with E-state index in [1.54, 1.807) is 20.1 Å². The van der Waals surface area contributed by atoms with Crippen molar-refractivity contribution < 1.29 is 22.3 Å². The van der Waals surface area contributed by atoms with Crippen molar-refractivity contribution in [2.24, 2.45) is 0 Å². The lowest BCUT2D eigenvalue weighted by Crippen LogP contribution is -2.08. The van der Waals surface area contributed by atoms with Crippen molar-refractivity contribution in [1.82, 2.24) is 15.2 Å². The number of rotatable bonds is 7. The van der Waals surface area contributed by atoms with E-state index in [1.165, 1.54) is 6.07 Å². The molecule has 2 heterocycles. The Morgan fingerprint density at radius 1 is 1.21 bits per heavy atom. The van der Waals surface area contributed by atoms with Gasteiger partial charge in [0.05, 0.1) is 11.1 Å². The lowest BCUT2D eigenvalue weighted by atomic mass is 9.98. The van der Waals surface area contributed by atoms with Crippen molar-refractivity contribution in [1.29, 1.82) is 0 Å². The van der Waals surface area contributed by atoms with Gasteiger partial charge < -0.3 is 14.5 Å². The number of halogens is 3. The number of aromatic nitrogens is 3. The van der Waals surface area contributed by atoms with E-state index in [9.17, 15) is 13.2 Å². The number of ether oxygens (including phenoxy) is 1. The van der Waals surface area contributed by atoms with E-state index in [4.69, 9.17) is 9.15 Å². The molecule has 1 saturated carbocycles. The molecule has 0 aliphatic heterocycles. The van der Waals surface area contributed by atoms with Crippen LogP contribution < -0.4 is 5.32 Å². The molecule has 0 radical (unpaired) electrons. The monoisotopic (exact) mass is 406 g/mol. The van der Waals surface area contributed by atoms with Gasteiger partial charge in [-0.25, -0.2) is 4.98 Å². The lowest BCUT2D eigenvalue weighted by molar-refractivity contribution is -0.136. The number of alkyl halides is 3. The molecular formula is C20H21F3N4O2. The maximum Gasteiger partial charge on any atom is 0.418 e. The summed E-state index contributed by atoms with van der Waals surface area (Å²) >= 11 is 0. The number of nitrogens with zero attached hydrogens (tertiary/aromatic N) is 3. The third-order valence-corrected chi connectivity index (χ3v) is 4.94. The Morgan fingerprint density at radius 3 is 2.69 bits per heavy atom. The summed E-state index contributed by atoms with van der Waals surface area (Å²) in [6.07, 6.45) is -1.89. The van der Waals surface area contributed by atoms with Crippen molar-refractivity contribution >= 4 is 16.9 Å². The van der Waals surface area contributed by atoms with Crippen molar-refractivity contribution in [3.63, 3.8) is 0 Å². The van der Waals surface area contributed by atoms with Crippen LogP contribution in [0.15, 0.2) is 22.6 Å². The Morgan fingerprint density at radius 2 is 2.00 bits per heavy atom. The van der Waals surface area contributed by atoms with Crippen molar-refractivity contribution in [3.05, 3.63) is 34.9 Å². The number of pyridine rings is 1. The van der Waals surface area contributed by atoms with E-state index < -0.39 is 11.7 Å². The van der Waals surface area contributed by atoms with Crippen LogP contribution in [0.2, 0.25) is 0 Å². The molecule has 0 bridgehead atoms. The number of methoxy groups -OCH3 is 1. The van der Waals surface area contributed by atoms with E-state index in [0.717, 1.165) is 24.8 Å². The van der Waals surface area contributed by atoms with Gasteiger partial charge in [-0.15, -0.1) is 5.10 Å². The van der Waals surface area contributed by atoms with Crippen molar-refractivity contribution in [3.8, 4) is 11.6 Å². The van der Waals surface area contributed by atoms with Gasteiger partial charge in [-0.1, -0.05) is 5.10 Å². The third kappa shape index (κ3) is 4.19. The standard InChI is InChI=1S/C20H21F3N4O2/c1-11-8-16(18-26-27-19(29-18)24-6-3-7-28-2)25-17-14(11)9-13(12-4-5-12)10-15(17)20(21,22)23/h8-10,12H,3-7H2,1-2H3,(H,24,27). The van der Waals surface area contributed by atoms with E-state index >= 15 is 0 Å². The quantitative estimate of drug-likeness (QED) is 0.561. The molecule has 1 aliphatic rings. The van der Waals surface area contributed by atoms with Crippen molar-refractivity contribution in [2.75, 3.05) is 25.6 Å². The van der Waals surface area contributed by atoms with Crippen LogP contribution in [-0.2, 0) is 10.9 Å². The summed E-state index contributed by atoms with van der Waals surface area (Å²) in [5.41, 5.74) is 0.815. The fraction of sp³-hybridized carbons (Fsp3) is 0.450. The normalized spacial score (nSPS) is 14.5. The first-order chi connectivity index (χ1) is 13.9. The molecule has 29 heavy (non-hydrogen) atoms. The zero-order valence-electron chi connectivity index (χ0n) is 16.1. The van der Waals surface area contributed by atoms with Gasteiger partial charge in [0.2, 0.25) is 0 Å². The third-order valence-electron chi connectivity index (χ3n) is 4.94. The predicted molar refractivity (Wildman–Crippen MR) is 102 cm³/mol. The molecule has 0 spiro atoms. The zero-order valence-corrected chi connectivity index (χ0v) is 16.1. The second-order valence-corrected chi connectivity index (χ2v) is 7.25. The van der Waals surface area contributed by atoms with Gasteiger partial charge in [-0.2, -0.15) is 13.2 Å². The molecule has 9 heteroatoms. The molecule has 0 amide bonds. The minimum atomic E-state index is -4.50. The Hall–Kier alpha value is -2.68. The van der Waals surface area contributed by atoms with Crippen molar-refractivity contribution in [2.45, 2.75) is 38.3 Å². The number of benzene rings is 1. The fourth-order valence-corrected chi connectivity index (χ4v) is 3.30. The SMILES string of the molecule is COCCCNc1nnc(-c2cc(C)c3cc(C4CC4)cc(C(F)(F)F)c3n2)o1. The Kier molecular flexibility index (Phi) is 5.16. The highest BCUT2D eigenvalue weighted by Crippen LogP contribution is 2.45. The summed E-state index contributed by atoms with van der Waals surface area (Å²) in [5.74, 6) is 0.283. The highest BCUT2D eigenvalue weighted by Gasteiger charge is 2.36. The second-order valence-electron chi connectivity index (χ2n) is 7.25. The topological polar surface area (TPSA) is 73.1 Å². The van der Waals surface area contributed by atoms with Crippen LogP contribution >= 0.6 is 0 Å². The molecule has 0 saturated heterocycles. The number of fused-ring (bicyclic) bond motifs is 1. The minimum Gasteiger partial charge on any atom is -0.402 e. The molecular weight excluding hydrogens is 385 g/mol. The van der Waals surface area contributed by atoms with Gasteiger partial charge in [0.25, 0.3) is 5.89 Å². The van der Waals surface area contributed by atoms with E-state index in [2.05, 4.69) is 20.5 Å². The van der Waals surface area contributed by atoms with E-state index in [1.807, 2.05) is 6.07 Å². The fourth-order valence-electron chi connectivity index (χ4n) is 3.30. The first-order valence-corrected chi connectivity index (χ1v) is 9.46. The number of anilines is 1. The highest BCUT2D eigenvalue weighted by molar-refractivity contribution is 5.88. The van der Waals surface area contributed by atoms with Crippen LogP contribution in [0.4, 0.5) is 19.2 Å². The number of hydrogen-bond acceptors (Lipinski definition) is 6. The second kappa shape index (κ2) is 7.62. The molecule has 0 unspecified atom stereocenters. The van der Waals surface area contributed by atoms with E-state index in [0.29, 0.717) is 24.1 Å². The Balaban J connectivity index is 1.71. The smallest absolute Gasteiger partial charge is 0.402 e. The average Bonchev–Trinajstić information content (AvgIpc) is 3.42. The van der Waals surface area contributed by atoms with Gasteiger partial charge in [0.15, 0.2) is 0 Å². The summed E-state index contributed by atoms with van der Waals surface area (Å²) in [5, 5.41) is 11.3. The summed E-state index contributed by atoms with van der Waals surface area (Å²) < 4.78 is 51.7. The molecule has 1 aliphatic carbocycles. The van der Waals surface area contributed by atoms with Gasteiger partial charge >= 0.3 is 12.2 Å². The average molecular weight is 406 g/mol. The number of hydrogen-bond donors (Lipinski definition) is 1. The molecule has 4 rings (SSSR count). The van der Waals surface area contributed by atoms with Crippen LogP contribution in [0, 0.1) is 6.92 Å². The Bertz CT molecular complexity index is 1030. The first kappa shape index (κ1) is 19.6. The maximum absolute atomic E-state index is 13.7. The van der Waals surface area contributed by atoms with Crippen LogP contribution in [-0.4, -0.2) is 35.4 Å². The van der Waals surface area contributed by atoms with Crippen LogP contribution in [0.5, 0.6) is 0 Å². The molecule has 1 aromatic carbocycles. The van der Waals surface area contributed by atoms with Crippen LogP contribution in [0.3, 0.4) is 0 Å². The summed E-state index contributed by atoms with van der Waals surface area (Å²) in [4.78, 5) is 4.25.